The van der Waals surface area contributed by atoms with E-state index in [9.17, 15) is 0 Å². The fourth-order valence-corrected chi connectivity index (χ4v) is 0.816. The van der Waals surface area contributed by atoms with E-state index in [-0.39, 0.29) is 6.29 Å². The summed E-state index contributed by atoms with van der Waals surface area (Å²) in [5, 5.41) is 0. The maximum Gasteiger partial charge on any atom is 0.169 e. The van der Waals surface area contributed by atoms with E-state index in [0.29, 0.717) is 6.42 Å². The van der Waals surface area contributed by atoms with Crippen molar-refractivity contribution in [3.8, 4) is 0 Å². The molecule has 4 heteroatoms. The van der Waals surface area contributed by atoms with E-state index < -0.39 is 5.79 Å². The Hall–Kier alpha value is -0.160. The van der Waals surface area contributed by atoms with Crippen LogP contribution >= 0.6 is 0 Å². The Morgan fingerprint density at radius 2 is 1.42 bits per heavy atom. The minimum absolute atomic E-state index is 0.296. The first-order chi connectivity index (χ1) is 5.61. The van der Waals surface area contributed by atoms with Gasteiger partial charge in [0.25, 0.3) is 0 Å². The van der Waals surface area contributed by atoms with E-state index in [4.69, 9.17) is 18.9 Å². The third-order valence-electron chi connectivity index (χ3n) is 1.93. The normalized spacial score (nSPS) is 12.5. The SMILES string of the molecule is COC(CC(C)(OC)OC)OC. The molecule has 0 radical (unpaired) electrons. The molecule has 0 aliphatic rings. The molecule has 4 nitrogen and oxygen atoms in total. The van der Waals surface area contributed by atoms with E-state index in [2.05, 4.69) is 0 Å². The number of hydrogen-bond donors (Lipinski definition) is 0. The van der Waals surface area contributed by atoms with Gasteiger partial charge >= 0.3 is 0 Å². The molecular weight excluding hydrogens is 160 g/mol. The molecular formula is C8H18O4. The highest BCUT2D eigenvalue weighted by molar-refractivity contribution is 4.63. The first-order valence-electron chi connectivity index (χ1n) is 3.77. The van der Waals surface area contributed by atoms with E-state index >= 15 is 0 Å². The van der Waals surface area contributed by atoms with Crippen LogP contribution < -0.4 is 0 Å². The summed E-state index contributed by atoms with van der Waals surface area (Å²) in [6, 6.07) is 0. The van der Waals surface area contributed by atoms with Crippen molar-refractivity contribution in [3.05, 3.63) is 0 Å². The Balaban J connectivity index is 3.99. The molecule has 0 aromatic carbocycles. The molecule has 0 saturated heterocycles. The van der Waals surface area contributed by atoms with Crippen LogP contribution in [0.25, 0.3) is 0 Å². The lowest BCUT2D eigenvalue weighted by molar-refractivity contribution is -0.239. The first-order valence-corrected chi connectivity index (χ1v) is 3.77. The fourth-order valence-electron chi connectivity index (χ4n) is 0.816. The highest BCUT2D eigenvalue weighted by atomic mass is 16.7. The standard InChI is InChI=1S/C8H18O4/c1-8(11-4,12-5)6-7(9-2)10-3/h7H,6H2,1-5H3. The smallest absolute Gasteiger partial charge is 0.169 e. The van der Waals surface area contributed by atoms with Crippen LogP contribution in [0.5, 0.6) is 0 Å². The summed E-state index contributed by atoms with van der Waals surface area (Å²) in [5.74, 6) is -0.642. The predicted octanol–water partition coefficient (Wildman–Crippen LogP) is 1.00. The molecule has 0 N–H and O–H groups in total. The van der Waals surface area contributed by atoms with Crippen LogP contribution in [0.15, 0.2) is 0 Å². The molecule has 0 saturated carbocycles. The molecule has 0 amide bonds. The van der Waals surface area contributed by atoms with Gasteiger partial charge in [-0.25, -0.2) is 0 Å². The second-order valence-corrected chi connectivity index (χ2v) is 2.65. The summed E-state index contributed by atoms with van der Waals surface area (Å²) in [6.07, 6.45) is 0.238. The molecule has 0 atom stereocenters. The van der Waals surface area contributed by atoms with E-state index in [0.717, 1.165) is 0 Å². The molecule has 0 bridgehead atoms. The molecule has 0 rings (SSSR count). The summed E-state index contributed by atoms with van der Waals surface area (Å²) in [7, 11) is 6.34. The molecule has 74 valence electrons. The quantitative estimate of drug-likeness (QED) is 0.569. The van der Waals surface area contributed by atoms with Crippen LogP contribution in [0.3, 0.4) is 0 Å². The Morgan fingerprint density at radius 1 is 1.00 bits per heavy atom. The van der Waals surface area contributed by atoms with Gasteiger partial charge in [0.1, 0.15) is 0 Å². The van der Waals surface area contributed by atoms with Gasteiger partial charge < -0.3 is 18.9 Å². The molecule has 0 aliphatic carbocycles. The summed E-state index contributed by atoms with van der Waals surface area (Å²) in [6.45, 7) is 1.83. The van der Waals surface area contributed by atoms with Gasteiger partial charge in [-0.2, -0.15) is 0 Å². The molecule has 12 heavy (non-hydrogen) atoms. The Kier molecular flexibility index (Phi) is 5.41. The van der Waals surface area contributed by atoms with Crippen molar-refractivity contribution in [2.24, 2.45) is 0 Å². The molecule has 0 fully saturated rings. The number of rotatable bonds is 6. The zero-order chi connectivity index (χ0) is 9.61. The lowest BCUT2D eigenvalue weighted by Gasteiger charge is -2.29. The van der Waals surface area contributed by atoms with E-state index in [1.165, 1.54) is 0 Å². The lowest BCUT2D eigenvalue weighted by atomic mass is 10.2. The number of hydrogen-bond acceptors (Lipinski definition) is 4. The van der Waals surface area contributed by atoms with Crippen molar-refractivity contribution in [2.75, 3.05) is 28.4 Å². The van der Waals surface area contributed by atoms with Crippen molar-refractivity contribution < 1.29 is 18.9 Å². The predicted molar refractivity (Wildman–Crippen MR) is 44.8 cm³/mol. The molecule has 0 aromatic rings. The van der Waals surface area contributed by atoms with Gasteiger partial charge in [0.2, 0.25) is 0 Å². The van der Waals surface area contributed by atoms with Crippen LogP contribution in [0.1, 0.15) is 13.3 Å². The van der Waals surface area contributed by atoms with Crippen LogP contribution in [-0.4, -0.2) is 40.5 Å². The third kappa shape index (κ3) is 3.49. The highest BCUT2D eigenvalue weighted by Crippen LogP contribution is 2.18. The molecule has 0 aliphatic heterocycles. The Labute approximate surface area is 73.7 Å². The van der Waals surface area contributed by atoms with E-state index in [1.807, 2.05) is 6.92 Å². The van der Waals surface area contributed by atoms with Crippen LogP contribution in [0, 0.1) is 0 Å². The van der Waals surface area contributed by atoms with Gasteiger partial charge in [0.05, 0.1) is 6.42 Å². The second-order valence-electron chi connectivity index (χ2n) is 2.65. The topological polar surface area (TPSA) is 36.9 Å². The van der Waals surface area contributed by atoms with Crippen LogP contribution in [0.2, 0.25) is 0 Å². The average molecular weight is 178 g/mol. The maximum absolute atomic E-state index is 5.14. The van der Waals surface area contributed by atoms with E-state index in [1.54, 1.807) is 28.4 Å². The monoisotopic (exact) mass is 178 g/mol. The van der Waals surface area contributed by atoms with Gasteiger partial charge in [0, 0.05) is 28.4 Å². The summed E-state index contributed by atoms with van der Waals surface area (Å²) >= 11 is 0. The van der Waals surface area contributed by atoms with Gasteiger partial charge in [-0.15, -0.1) is 0 Å². The molecule has 0 unspecified atom stereocenters. The Morgan fingerprint density at radius 3 is 1.67 bits per heavy atom. The zero-order valence-electron chi connectivity index (χ0n) is 8.42. The maximum atomic E-state index is 5.14. The molecule has 0 heterocycles. The number of ether oxygens (including phenoxy) is 4. The highest BCUT2D eigenvalue weighted by Gasteiger charge is 2.27. The first kappa shape index (κ1) is 11.8. The third-order valence-corrected chi connectivity index (χ3v) is 1.93. The number of methoxy groups -OCH3 is 4. The van der Waals surface area contributed by atoms with Crippen molar-refractivity contribution in [2.45, 2.75) is 25.4 Å². The minimum Gasteiger partial charge on any atom is -0.356 e. The van der Waals surface area contributed by atoms with Crippen molar-refractivity contribution >= 4 is 0 Å². The van der Waals surface area contributed by atoms with Crippen molar-refractivity contribution in [1.82, 2.24) is 0 Å². The Bertz CT molecular complexity index is 108. The van der Waals surface area contributed by atoms with Gasteiger partial charge in [0.15, 0.2) is 12.1 Å². The fraction of sp³-hybridized carbons (Fsp3) is 1.00. The summed E-state index contributed by atoms with van der Waals surface area (Å²) in [4.78, 5) is 0. The molecule has 0 spiro atoms. The van der Waals surface area contributed by atoms with Gasteiger partial charge in [-0.1, -0.05) is 0 Å². The van der Waals surface area contributed by atoms with Gasteiger partial charge in [-0.05, 0) is 6.92 Å². The zero-order valence-corrected chi connectivity index (χ0v) is 8.42. The average Bonchev–Trinajstić information content (AvgIpc) is 2.14. The van der Waals surface area contributed by atoms with Crippen LogP contribution in [0.4, 0.5) is 0 Å². The van der Waals surface area contributed by atoms with Crippen molar-refractivity contribution in [1.29, 1.82) is 0 Å². The summed E-state index contributed by atoms with van der Waals surface area (Å²) < 4.78 is 20.3. The summed E-state index contributed by atoms with van der Waals surface area (Å²) in [5.41, 5.74) is 0. The van der Waals surface area contributed by atoms with Crippen molar-refractivity contribution in [3.63, 3.8) is 0 Å². The second kappa shape index (κ2) is 5.48. The lowest BCUT2D eigenvalue weighted by Crippen LogP contribution is -2.35. The van der Waals surface area contributed by atoms with Gasteiger partial charge in [-0.3, -0.25) is 0 Å². The van der Waals surface area contributed by atoms with Crippen LogP contribution in [-0.2, 0) is 18.9 Å². The molecule has 0 aromatic heterocycles. The minimum atomic E-state index is -0.642. The largest absolute Gasteiger partial charge is 0.356 e.